The number of rotatable bonds is 5. The van der Waals surface area contributed by atoms with Crippen LogP contribution in [0.3, 0.4) is 0 Å². The highest BCUT2D eigenvalue weighted by atomic mass is 35.5. The maximum atomic E-state index is 12.8. The summed E-state index contributed by atoms with van der Waals surface area (Å²) in [5, 5.41) is 7.78. The van der Waals surface area contributed by atoms with Crippen LogP contribution in [-0.4, -0.2) is 40.7 Å². The van der Waals surface area contributed by atoms with Crippen LogP contribution in [0.25, 0.3) is 0 Å². The number of benzene rings is 1. The van der Waals surface area contributed by atoms with E-state index >= 15 is 0 Å². The van der Waals surface area contributed by atoms with Crippen LogP contribution in [0, 0.1) is 19.8 Å². The van der Waals surface area contributed by atoms with E-state index in [1.54, 1.807) is 11.6 Å². The van der Waals surface area contributed by atoms with Crippen LogP contribution in [0.5, 0.6) is 0 Å². The van der Waals surface area contributed by atoms with Crippen molar-refractivity contribution >= 4 is 17.5 Å². The molecule has 2 aromatic rings. The van der Waals surface area contributed by atoms with Gasteiger partial charge in [-0.2, -0.15) is 5.10 Å². The minimum Gasteiger partial charge on any atom is -0.349 e. The smallest absolute Gasteiger partial charge is 0.256 e. The molecule has 1 N–H and O–H groups in total. The molecule has 1 aromatic carbocycles. The number of hydrogen-bond acceptors (Lipinski definition) is 4. The summed E-state index contributed by atoms with van der Waals surface area (Å²) >= 11 is 6.52. The highest BCUT2D eigenvalue weighted by Crippen LogP contribution is 2.39. The molecule has 0 radical (unpaired) electrons. The first-order valence-corrected chi connectivity index (χ1v) is 11.1. The highest BCUT2D eigenvalue weighted by molar-refractivity contribution is 6.33. The maximum Gasteiger partial charge on any atom is 0.256 e. The van der Waals surface area contributed by atoms with E-state index in [0.29, 0.717) is 36.1 Å². The molecule has 7 heteroatoms. The van der Waals surface area contributed by atoms with Crippen LogP contribution in [0.1, 0.15) is 59.8 Å². The minimum absolute atomic E-state index is 0.135. The van der Waals surface area contributed by atoms with Crippen molar-refractivity contribution in [2.45, 2.75) is 64.9 Å². The number of aryl methyl sites for hydroxylation is 2. The van der Waals surface area contributed by atoms with Gasteiger partial charge in [-0.3, -0.25) is 4.79 Å². The fourth-order valence-corrected chi connectivity index (χ4v) is 4.58. The van der Waals surface area contributed by atoms with Crippen molar-refractivity contribution in [3.05, 3.63) is 51.8 Å². The average molecular weight is 432 g/mol. The number of halogens is 1. The van der Waals surface area contributed by atoms with Gasteiger partial charge in [-0.15, -0.1) is 0 Å². The molecule has 2 aliphatic rings. The summed E-state index contributed by atoms with van der Waals surface area (Å²) in [6, 6.07) is 8.19. The summed E-state index contributed by atoms with van der Waals surface area (Å²) in [7, 11) is 0. The van der Waals surface area contributed by atoms with E-state index in [-0.39, 0.29) is 12.0 Å². The standard InChI is InChI=1S/C23H30ClN3O3/c1-15-4-6-18(7-5-15)13-27-21(24)20(17(3)26-27)22(28)25-12-19-14-29-23(30-19)10-8-16(2)9-11-23/h4-7,16,19H,8-14H2,1-3H3,(H,25,28)/t16?,19-,23?/m1/s1. The molecule has 2 heterocycles. The summed E-state index contributed by atoms with van der Waals surface area (Å²) in [6.45, 7) is 7.55. The molecular formula is C23H30ClN3O3. The first-order chi connectivity index (χ1) is 14.3. The quantitative estimate of drug-likeness (QED) is 0.768. The van der Waals surface area contributed by atoms with Gasteiger partial charge in [0, 0.05) is 19.4 Å². The van der Waals surface area contributed by atoms with Gasteiger partial charge in [-0.05, 0) is 38.2 Å². The lowest BCUT2D eigenvalue weighted by Gasteiger charge is -2.34. The fourth-order valence-electron chi connectivity index (χ4n) is 4.26. The molecule has 1 aliphatic heterocycles. The van der Waals surface area contributed by atoms with Gasteiger partial charge in [-0.25, -0.2) is 4.68 Å². The Morgan fingerprint density at radius 2 is 1.97 bits per heavy atom. The largest absolute Gasteiger partial charge is 0.349 e. The molecule has 6 nitrogen and oxygen atoms in total. The van der Waals surface area contributed by atoms with Gasteiger partial charge in [0.05, 0.1) is 24.4 Å². The molecule has 1 spiro atoms. The Bertz CT molecular complexity index is 901. The zero-order chi connectivity index (χ0) is 21.3. The van der Waals surface area contributed by atoms with Gasteiger partial charge < -0.3 is 14.8 Å². The summed E-state index contributed by atoms with van der Waals surface area (Å²) in [4.78, 5) is 12.8. The topological polar surface area (TPSA) is 65.4 Å². The Morgan fingerprint density at radius 3 is 2.67 bits per heavy atom. The minimum atomic E-state index is -0.450. The monoisotopic (exact) mass is 431 g/mol. The van der Waals surface area contributed by atoms with Gasteiger partial charge in [0.2, 0.25) is 0 Å². The molecular weight excluding hydrogens is 402 g/mol. The van der Waals surface area contributed by atoms with Crippen LogP contribution in [0.15, 0.2) is 24.3 Å². The molecule has 1 saturated carbocycles. The first kappa shape index (κ1) is 21.3. The number of carbonyl (C=O) groups is 1. The van der Waals surface area contributed by atoms with E-state index < -0.39 is 5.79 Å². The third kappa shape index (κ3) is 4.56. The number of carbonyl (C=O) groups excluding carboxylic acids is 1. The lowest BCUT2D eigenvalue weighted by atomic mass is 9.86. The van der Waals surface area contributed by atoms with E-state index in [9.17, 15) is 4.79 Å². The zero-order valence-corrected chi connectivity index (χ0v) is 18.7. The summed E-state index contributed by atoms with van der Waals surface area (Å²) in [5.41, 5.74) is 3.32. The Kier molecular flexibility index (Phi) is 6.19. The second kappa shape index (κ2) is 8.69. The van der Waals surface area contributed by atoms with E-state index in [2.05, 4.69) is 29.5 Å². The van der Waals surface area contributed by atoms with Gasteiger partial charge >= 0.3 is 0 Å². The molecule has 30 heavy (non-hydrogen) atoms. The Hall–Kier alpha value is -1.89. The molecule has 4 rings (SSSR count). The first-order valence-electron chi connectivity index (χ1n) is 10.7. The Balaban J connectivity index is 1.36. The second-order valence-electron chi connectivity index (χ2n) is 8.75. The lowest BCUT2D eigenvalue weighted by molar-refractivity contribution is -0.191. The molecule has 162 valence electrons. The van der Waals surface area contributed by atoms with Crippen LogP contribution in [0.4, 0.5) is 0 Å². The Labute approximate surface area is 182 Å². The van der Waals surface area contributed by atoms with Crippen molar-refractivity contribution in [1.29, 1.82) is 0 Å². The number of aromatic nitrogens is 2. The molecule has 1 aromatic heterocycles. The second-order valence-corrected chi connectivity index (χ2v) is 9.11. The number of amides is 1. The maximum absolute atomic E-state index is 12.8. The summed E-state index contributed by atoms with van der Waals surface area (Å²) in [5.74, 6) is 0.0478. The number of hydrogen-bond donors (Lipinski definition) is 1. The van der Waals surface area contributed by atoms with Crippen molar-refractivity contribution in [3.8, 4) is 0 Å². The molecule has 2 fully saturated rings. The molecule has 0 bridgehead atoms. The predicted octanol–water partition coefficient (Wildman–Crippen LogP) is 4.25. The molecule has 1 amide bonds. The summed E-state index contributed by atoms with van der Waals surface area (Å²) < 4.78 is 13.8. The van der Waals surface area contributed by atoms with E-state index in [0.717, 1.165) is 37.2 Å². The van der Waals surface area contributed by atoms with Crippen LogP contribution in [0.2, 0.25) is 5.15 Å². The van der Waals surface area contributed by atoms with E-state index in [4.69, 9.17) is 21.1 Å². The SMILES string of the molecule is Cc1ccc(Cn2nc(C)c(C(=O)NC[C@@H]3COC4(CCC(C)CC4)O3)c2Cl)cc1. The zero-order valence-electron chi connectivity index (χ0n) is 17.9. The number of nitrogens with zero attached hydrogens (tertiary/aromatic N) is 2. The van der Waals surface area contributed by atoms with Crippen molar-refractivity contribution in [1.82, 2.24) is 15.1 Å². The molecule has 1 atom stereocenters. The number of ether oxygens (including phenoxy) is 2. The van der Waals surface area contributed by atoms with Gasteiger partial charge in [0.15, 0.2) is 5.79 Å². The molecule has 0 unspecified atom stereocenters. The summed E-state index contributed by atoms with van der Waals surface area (Å²) in [6.07, 6.45) is 3.95. The van der Waals surface area contributed by atoms with Crippen molar-refractivity contribution in [2.75, 3.05) is 13.2 Å². The van der Waals surface area contributed by atoms with Crippen molar-refractivity contribution in [3.63, 3.8) is 0 Å². The van der Waals surface area contributed by atoms with Crippen molar-refractivity contribution in [2.24, 2.45) is 5.92 Å². The highest BCUT2D eigenvalue weighted by Gasteiger charge is 2.43. The van der Waals surface area contributed by atoms with Gasteiger partial charge in [0.1, 0.15) is 11.3 Å². The fraction of sp³-hybridized carbons (Fsp3) is 0.565. The van der Waals surface area contributed by atoms with Crippen molar-refractivity contribution < 1.29 is 14.3 Å². The van der Waals surface area contributed by atoms with Gasteiger partial charge in [0.25, 0.3) is 5.91 Å². The third-order valence-electron chi connectivity index (χ3n) is 6.19. The lowest BCUT2D eigenvalue weighted by Crippen LogP contribution is -2.38. The Morgan fingerprint density at radius 1 is 1.27 bits per heavy atom. The average Bonchev–Trinajstić information content (AvgIpc) is 3.25. The van der Waals surface area contributed by atoms with Gasteiger partial charge in [-0.1, -0.05) is 48.4 Å². The molecule has 1 saturated heterocycles. The number of nitrogens with one attached hydrogen (secondary N) is 1. The van der Waals surface area contributed by atoms with E-state index in [1.807, 2.05) is 19.1 Å². The van der Waals surface area contributed by atoms with Crippen LogP contribution < -0.4 is 5.32 Å². The normalized spacial score (nSPS) is 26.3. The molecule has 1 aliphatic carbocycles. The van der Waals surface area contributed by atoms with Crippen LogP contribution >= 0.6 is 11.6 Å². The predicted molar refractivity (Wildman–Crippen MR) is 116 cm³/mol. The third-order valence-corrected chi connectivity index (χ3v) is 6.57. The van der Waals surface area contributed by atoms with Crippen LogP contribution in [-0.2, 0) is 16.0 Å². The van der Waals surface area contributed by atoms with E-state index in [1.165, 1.54) is 5.56 Å².